The summed E-state index contributed by atoms with van der Waals surface area (Å²) in [7, 11) is 0. The third-order valence-corrected chi connectivity index (χ3v) is 4.05. The summed E-state index contributed by atoms with van der Waals surface area (Å²) < 4.78 is 42.8. The van der Waals surface area contributed by atoms with Crippen LogP contribution in [0.3, 0.4) is 0 Å². The number of benzene rings is 1. The van der Waals surface area contributed by atoms with Gasteiger partial charge in [-0.25, -0.2) is 14.8 Å². The Hall–Kier alpha value is -2.94. The number of hydrogen-bond donors (Lipinski definition) is 2. The maximum Gasteiger partial charge on any atom is 0.428 e. The number of aryl methyl sites for hydroxylation is 1. The van der Waals surface area contributed by atoms with Gasteiger partial charge >= 0.3 is 12.1 Å². The normalized spacial score (nSPS) is 14.3. The SMILES string of the molecule is CCn1c(C(O)(c2ccccc2)C(F)(F)F)nc2ccc(C(=O)O)nc21. The average molecular weight is 365 g/mol. The zero-order chi connectivity index (χ0) is 19.1. The maximum absolute atomic E-state index is 13.9. The molecule has 136 valence electrons. The van der Waals surface area contributed by atoms with E-state index in [0.717, 1.165) is 22.8 Å². The average Bonchev–Trinajstić information content (AvgIpc) is 2.98. The molecule has 2 N–H and O–H groups in total. The zero-order valence-electron chi connectivity index (χ0n) is 13.5. The van der Waals surface area contributed by atoms with Crippen LogP contribution >= 0.6 is 0 Å². The molecule has 6 nitrogen and oxygen atoms in total. The van der Waals surface area contributed by atoms with E-state index in [2.05, 4.69) is 9.97 Å². The van der Waals surface area contributed by atoms with Crippen LogP contribution < -0.4 is 0 Å². The van der Waals surface area contributed by atoms with E-state index in [9.17, 15) is 23.1 Å². The van der Waals surface area contributed by atoms with Crippen molar-refractivity contribution < 1.29 is 28.2 Å². The number of imidazole rings is 1. The highest BCUT2D eigenvalue weighted by Gasteiger charge is 2.59. The Labute approximate surface area is 145 Å². The van der Waals surface area contributed by atoms with E-state index in [1.54, 1.807) is 6.92 Å². The number of carbonyl (C=O) groups is 1. The fraction of sp³-hybridized carbons (Fsp3) is 0.235. The van der Waals surface area contributed by atoms with Crippen LogP contribution in [0.4, 0.5) is 13.2 Å². The molecular weight excluding hydrogens is 351 g/mol. The van der Waals surface area contributed by atoms with E-state index in [-0.39, 0.29) is 23.4 Å². The van der Waals surface area contributed by atoms with Gasteiger partial charge in [-0.1, -0.05) is 30.3 Å². The van der Waals surface area contributed by atoms with Gasteiger partial charge in [0.15, 0.2) is 17.2 Å². The number of alkyl halides is 3. The lowest BCUT2D eigenvalue weighted by Gasteiger charge is -2.30. The molecule has 0 aliphatic carbocycles. The number of carboxylic acid groups (broad SMARTS) is 1. The number of fused-ring (bicyclic) bond motifs is 1. The highest BCUT2D eigenvalue weighted by Crippen LogP contribution is 2.44. The van der Waals surface area contributed by atoms with Crippen LogP contribution in [0.15, 0.2) is 42.5 Å². The van der Waals surface area contributed by atoms with E-state index in [1.165, 1.54) is 24.3 Å². The van der Waals surface area contributed by atoms with Gasteiger partial charge in [0, 0.05) is 12.1 Å². The first-order valence-electron chi connectivity index (χ1n) is 7.65. The van der Waals surface area contributed by atoms with Crippen LogP contribution in [0.2, 0.25) is 0 Å². The molecule has 9 heteroatoms. The van der Waals surface area contributed by atoms with Crippen LogP contribution in [-0.4, -0.2) is 36.9 Å². The molecule has 3 aromatic rings. The molecule has 0 saturated carbocycles. The van der Waals surface area contributed by atoms with Gasteiger partial charge < -0.3 is 14.8 Å². The van der Waals surface area contributed by atoms with E-state index >= 15 is 0 Å². The maximum atomic E-state index is 13.9. The van der Waals surface area contributed by atoms with Gasteiger partial charge in [-0.3, -0.25) is 0 Å². The largest absolute Gasteiger partial charge is 0.477 e. The molecule has 0 saturated heterocycles. The predicted molar refractivity (Wildman–Crippen MR) is 85.7 cm³/mol. The first-order valence-corrected chi connectivity index (χ1v) is 7.65. The molecule has 1 aromatic carbocycles. The van der Waals surface area contributed by atoms with Crippen molar-refractivity contribution in [3.05, 3.63) is 59.5 Å². The number of rotatable bonds is 4. The topological polar surface area (TPSA) is 88.2 Å². The molecule has 0 spiro atoms. The Morgan fingerprint density at radius 3 is 2.31 bits per heavy atom. The lowest BCUT2D eigenvalue weighted by atomic mass is 9.92. The van der Waals surface area contributed by atoms with Gasteiger partial charge in [0.1, 0.15) is 5.52 Å². The first kappa shape index (κ1) is 17.9. The highest BCUT2D eigenvalue weighted by molar-refractivity contribution is 5.88. The van der Waals surface area contributed by atoms with E-state index in [0.29, 0.717) is 0 Å². The second-order valence-corrected chi connectivity index (χ2v) is 5.60. The summed E-state index contributed by atoms with van der Waals surface area (Å²) in [5.41, 5.74) is -4.06. The standard InChI is InChI=1S/C17H14F3N3O3/c1-2-23-13-11(8-9-12(21-13)14(24)25)22-15(23)16(26,17(18,19)20)10-6-4-3-5-7-10/h3-9,26H,2H2,1H3,(H,24,25). The highest BCUT2D eigenvalue weighted by atomic mass is 19.4. The second kappa shape index (κ2) is 6.10. The molecule has 3 rings (SSSR count). The Balaban J connectivity index is 2.35. The van der Waals surface area contributed by atoms with Gasteiger partial charge in [0.2, 0.25) is 5.60 Å². The summed E-state index contributed by atoms with van der Waals surface area (Å²) in [6.07, 6.45) is -5.06. The number of aromatic carboxylic acids is 1. The lowest BCUT2D eigenvalue weighted by Crippen LogP contribution is -2.45. The molecule has 26 heavy (non-hydrogen) atoms. The number of carboxylic acids is 1. The minimum atomic E-state index is -5.06. The molecule has 2 heterocycles. The number of aromatic nitrogens is 3. The molecule has 0 radical (unpaired) electrons. The van der Waals surface area contributed by atoms with E-state index in [1.807, 2.05) is 0 Å². The van der Waals surface area contributed by atoms with E-state index in [4.69, 9.17) is 5.11 Å². The van der Waals surface area contributed by atoms with Crippen LogP contribution in [0.1, 0.15) is 28.8 Å². The van der Waals surface area contributed by atoms with Crippen molar-refractivity contribution in [1.29, 1.82) is 0 Å². The molecule has 2 aromatic heterocycles. The van der Waals surface area contributed by atoms with Crippen molar-refractivity contribution in [1.82, 2.24) is 14.5 Å². The smallest absolute Gasteiger partial charge is 0.428 e. The molecule has 0 aliphatic heterocycles. The summed E-state index contributed by atoms with van der Waals surface area (Å²) in [6.45, 7) is 1.56. The number of hydrogen-bond acceptors (Lipinski definition) is 4. The Bertz CT molecular complexity index is 970. The van der Waals surface area contributed by atoms with E-state index < -0.39 is 29.1 Å². The fourth-order valence-corrected chi connectivity index (χ4v) is 2.80. The van der Waals surface area contributed by atoms with Crippen LogP contribution in [0.25, 0.3) is 11.2 Å². The van der Waals surface area contributed by atoms with Gasteiger partial charge in [0.25, 0.3) is 0 Å². The van der Waals surface area contributed by atoms with Crippen LogP contribution in [0, 0.1) is 0 Å². The minimum absolute atomic E-state index is 0.00707. The number of halogens is 3. The summed E-state index contributed by atoms with van der Waals surface area (Å²) in [5, 5.41) is 19.8. The summed E-state index contributed by atoms with van der Waals surface area (Å²) in [6, 6.07) is 9.02. The van der Waals surface area contributed by atoms with Crippen molar-refractivity contribution in [3.8, 4) is 0 Å². The quantitative estimate of drug-likeness (QED) is 0.742. The van der Waals surface area contributed by atoms with Crippen molar-refractivity contribution in [2.75, 3.05) is 0 Å². The molecule has 0 amide bonds. The van der Waals surface area contributed by atoms with Crippen LogP contribution in [0.5, 0.6) is 0 Å². The monoisotopic (exact) mass is 365 g/mol. The Morgan fingerprint density at radius 1 is 1.12 bits per heavy atom. The minimum Gasteiger partial charge on any atom is -0.477 e. The summed E-state index contributed by atoms with van der Waals surface area (Å²) >= 11 is 0. The first-order chi connectivity index (χ1) is 12.2. The number of nitrogens with zero attached hydrogens (tertiary/aromatic N) is 3. The summed E-state index contributed by atoms with van der Waals surface area (Å²) in [5.74, 6) is -1.98. The van der Waals surface area contributed by atoms with Crippen molar-refractivity contribution in [2.45, 2.75) is 25.2 Å². The third kappa shape index (κ3) is 2.60. The summed E-state index contributed by atoms with van der Waals surface area (Å²) in [4.78, 5) is 18.9. The lowest BCUT2D eigenvalue weighted by molar-refractivity contribution is -0.252. The second-order valence-electron chi connectivity index (χ2n) is 5.60. The van der Waals surface area contributed by atoms with Crippen molar-refractivity contribution in [3.63, 3.8) is 0 Å². The third-order valence-electron chi connectivity index (χ3n) is 4.05. The molecule has 0 bridgehead atoms. The van der Waals surface area contributed by atoms with Gasteiger partial charge in [-0.05, 0) is 19.1 Å². The molecule has 0 fully saturated rings. The van der Waals surface area contributed by atoms with Crippen LogP contribution in [-0.2, 0) is 12.1 Å². The molecule has 0 aliphatic rings. The van der Waals surface area contributed by atoms with Gasteiger partial charge in [-0.2, -0.15) is 13.2 Å². The number of pyridine rings is 1. The van der Waals surface area contributed by atoms with Crippen molar-refractivity contribution in [2.24, 2.45) is 0 Å². The number of aliphatic hydroxyl groups is 1. The van der Waals surface area contributed by atoms with Gasteiger partial charge in [0.05, 0.1) is 0 Å². The predicted octanol–water partition coefficient (Wildman–Crippen LogP) is 2.95. The Morgan fingerprint density at radius 2 is 1.77 bits per heavy atom. The molecule has 1 unspecified atom stereocenters. The zero-order valence-corrected chi connectivity index (χ0v) is 13.5. The molecular formula is C17H14F3N3O3. The van der Waals surface area contributed by atoms with Gasteiger partial charge in [-0.15, -0.1) is 0 Å². The molecule has 1 atom stereocenters. The van der Waals surface area contributed by atoms with Crippen molar-refractivity contribution >= 4 is 17.1 Å². The Kier molecular flexibility index (Phi) is 4.19. The fourth-order valence-electron chi connectivity index (χ4n) is 2.80.